The summed E-state index contributed by atoms with van der Waals surface area (Å²) in [5, 5.41) is 0. The maximum absolute atomic E-state index is 12.8. The Balaban J connectivity index is 1.15. The normalized spacial score (nSPS) is 16.7. The SMILES string of the molecule is CCCCCCCCOc1ccc(C2(c3ccc(C)cc3)c3cc(C=O)sc3-c3sc4c5c(sc4c32)-c2sc(C=O)cc2C5(c2ccc(C)cc2)c2ccc(OCCCCCCCC)cc2)cc1. The molecule has 8 aromatic rings. The third-order valence-corrected chi connectivity index (χ3v) is 19.3. The summed E-state index contributed by atoms with van der Waals surface area (Å²) >= 11 is 6.97. The fourth-order valence-corrected chi connectivity index (χ4v) is 16.4. The molecule has 10 rings (SSSR count). The lowest BCUT2D eigenvalue weighted by molar-refractivity contribution is 0.111. The van der Waals surface area contributed by atoms with Gasteiger partial charge in [-0.05, 0) is 96.5 Å². The van der Waals surface area contributed by atoms with E-state index < -0.39 is 10.8 Å². The number of hydrogen-bond donors (Lipinski definition) is 0. The van der Waals surface area contributed by atoms with E-state index in [9.17, 15) is 9.59 Å². The van der Waals surface area contributed by atoms with Crippen molar-refractivity contribution in [1.29, 1.82) is 0 Å². The first-order valence-corrected chi connectivity index (χ1v) is 28.0. The molecular weight excluding hydrogens is 913 g/mol. The maximum Gasteiger partial charge on any atom is 0.160 e. The number of benzene rings is 4. The summed E-state index contributed by atoms with van der Waals surface area (Å²) in [7, 11) is 0. The molecule has 8 heteroatoms. The second-order valence-electron chi connectivity index (χ2n) is 18.8. The van der Waals surface area contributed by atoms with Gasteiger partial charge in [-0.2, -0.15) is 0 Å². The van der Waals surface area contributed by atoms with E-state index in [2.05, 4.69) is 137 Å². The molecule has 0 saturated carbocycles. The molecule has 0 N–H and O–H groups in total. The predicted octanol–water partition coefficient (Wildman–Crippen LogP) is 17.5. The van der Waals surface area contributed by atoms with Crippen LogP contribution in [-0.4, -0.2) is 25.8 Å². The highest BCUT2D eigenvalue weighted by atomic mass is 32.1. The fourth-order valence-electron chi connectivity index (χ4n) is 10.9. The first-order valence-electron chi connectivity index (χ1n) is 24.8. The van der Waals surface area contributed by atoms with Crippen molar-refractivity contribution >= 4 is 67.3 Å². The number of aldehydes is 2. The van der Waals surface area contributed by atoms with E-state index in [1.807, 2.05) is 22.7 Å². The van der Waals surface area contributed by atoms with Crippen molar-refractivity contribution in [2.75, 3.05) is 13.2 Å². The van der Waals surface area contributed by atoms with E-state index in [4.69, 9.17) is 9.47 Å². The van der Waals surface area contributed by atoms with Crippen molar-refractivity contribution in [3.8, 4) is 31.0 Å². The molecule has 0 saturated heterocycles. The number of carbonyl (C=O) groups excluding carboxylic acids is 2. The van der Waals surface area contributed by atoms with Gasteiger partial charge in [0.05, 0.1) is 62.7 Å². The lowest BCUT2D eigenvalue weighted by Gasteiger charge is -2.34. The van der Waals surface area contributed by atoms with E-state index in [1.165, 1.54) is 117 Å². The van der Waals surface area contributed by atoms with Crippen LogP contribution in [0.2, 0.25) is 0 Å². The smallest absolute Gasteiger partial charge is 0.160 e. The van der Waals surface area contributed by atoms with Crippen LogP contribution in [0.25, 0.3) is 28.9 Å². The Morgan fingerprint density at radius 1 is 0.426 bits per heavy atom. The zero-order valence-electron chi connectivity index (χ0n) is 39.7. The van der Waals surface area contributed by atoms with Crippen LogP contribution in [0.5, 0.6) is 11.5 Å². The van der Waals surface area contributed by atoms with E-state index in [0.29, 0.717) is 13.2 Å². The number of aryl methyl sites for hydroxylation is 2. The van der Waals surface area contributed by atoms with Gasteiger partial charge in [-0.1, -0.05) is 162 Å². The van der Waals surface area contributed by atoms with Gasteiger partial charge in [0, 0.05) is 11.1 Å². The highest BCUT2D eigenvalue weighted by molar-refractivity contribution is 7.34. The minimum Gasteiger partial charge on any atom is -0.494 e. The number of rotatable bonds is 22. The zero-order valence-corrected chi connectivity index (χ0v) is 43.0. The van der Waals surface area contributed by atoms with E-state index >= 15 is 0 Å². The molecule has 2 unspecified atom stereocenters. The monoisotopic (exact) mass is 972 g/mol. The van der Waals surface area contributed by atoms with Crippen molar-refractivity contribution < 1.29 is 19.1 Å². The third-order valence-electron chi connectivity index (χ3n) is 14.3. The molecule has 2 atom stereocenters. The van der Waals surface area contributed by atoms with Gasteiger partial charge < -0.3 is 9.47 Å². The Hall–Kier alpha value is -5.12. The molecule has 4 aromatic heterocycles. The molecule has 4 heterocycles. The van der Waals surface area contributed by atoms with Crippen LogP contribution in [0.1, 0.15) is 166 Å². The summed E-state index contributed by atoms with van der Waals surface area (Å²) < 4.78 is 15.3. The topological polar surface area (TPSA) is 52.6 Å². The van der Waals surface area contributed by atoms with Gasteiger partial charge >= 0.3 is 0 Å². The van der Waals surface area contributed by atoms with Gasteiger partial charge in [0.15, 0.2) is 12.6 Å². The number of carbonyl (C=O) groups is 2. The van der Waals surface area contributed by atoms with Crippen molar-refractivity contribution in [2.45, 2.75) is 116 Å². The number of ether oxygens (including phenoxy) is 2. The molecule has 0 radical (unpaired) electrons. The highest BCUT2D eigenvalue weighted by Crippen LogP contribution is 2.70. The predicted molar refractivity (Wildman–Crippen MR) is 288 cm³/mol. The number of fused-ring (bicyclic) bond motifs is 9. The number of unbranched alkanes of at least 4 members (excludes halogenated alkanes) is 10. The molecular formula is C60H60O4S4. The first-order chi connectivity index (χ1) is 33.4. The summed E-state index contributed by atoms with van der Waals surface area (Å²) in [6.07, 6.45) is 16.7. The van der Waals surface area contributed by atoms with Crippen molar-refractivity contribution in [3.63, 3.8) is 0 Å². The Morgan fingerprint density at radius 3 is 1.12 bits per heavy atom. The third kappa shape index (κ3) is 8.03. The maximum atomic E-state index is 12.8. The lowest BCUT2D eigenvalue weighted by Crippen LogP contribution is -2.29. The summed E-state index contributed by atoms with van der Waals surface area (Å²) in [5.41, 5.74) is 10.5. The molecule has 0 bridgehead atoms. The van der Waals surface area contributed by atoms with Crippen LogP contribution < -0.4 is 9.47 Å². The quantitative estimate of drug-likeness (QED) is 0.0502. The van der Waals surface area contributed by atoms with Gasteiger partial charge in [0.2, 0.25) is 0 Å². The Kier molecular flexibility index (Phi) is 13.8. The van der Waals surface area contributed by atoms with Crippen LogP contribution in [0.3, 0.4) is 0 Å². The van der Waals surface area contributed by atoms with Crippen molar-refractivity contribution in [2.24, 2.45) is 0 Å². The highest BCUT2D eigenvalue weighted by Gasteiger charge is 2.55. The zero-order chi connectivity index (χ0) is 46.8. The van der Waals surface area contributed by atoms with Crippen molar-refractivity contribution in [3.05, 3.63) is 175 Å². The minimum atomic E-state index is -0.696. The first kappa shape index (κ1) is 46.6. The lowest BCUT2D eigenvalue weighted by atomic mass is 9.67. The van der Waals surface area contributed by atoms with Gasteiger partial charge in [-0.25, -0.2) is 0 Å². The number of thiophene rings is 4. The molecule has 0 spiro atoms. The largest absolute Gasteiger partial charge is 0.494 e. The van der Waals surface area contributed by atoms with E-state index in [0.717, 1.165) is 78.7 Å². The van der Waals surface area contributed by atoms with Crippen LogP contribution in [0.4, 0.5) is 0 Å². The van der Waals surface area contributed by atoms with E-state index in [1.54, 1.807) is 22.7 Å². The second-order valence-corrected chi connectivity index (χ2v) is 23.0. The van der Waals surface area contributed by atoms with Gasteiger partial charge in [0.25, 0.3) is 0 Å². The standard InChI is InChI=1S/C60H60O4S4/c1-5-7-9-11-13-15-33-63-45-29-25-43(26-30-45)59(41-21-17-39(3)18-22-41)49-35-47(37-61)65-53(49)55-51(59)57-58(67-55)52-56(68-57)54-50(36-48(38-62)66-54)60(52,42-23-19-40(4)20-24-42)44-27-31-46(32-28-44)64-34-16-14-12-10-8-6-2/h17-32,35-38H,5-16,33-34H2,1-4H3. The molecule has 4 aromatic carbocycles. The molecule has 0 fully saturated rings. The molecule has 68 heavy (non-hydrogen) atoms. The Bertz CT molecular complexity index is 2830. The van der Waals surface area contributed by atoms with Crippen LogP contribution in [0, 0.1) is 13.8 Å². The van der Waals surface area contributed by atoms with Gasteiger partial charge in [-0.15, -0.1) is 45.3 Å². The van der Waals surface area contributed by atoms with Gasteiger partial charge in [-0.3, -0.25) is 9.59 Å². The molecule has 0 amide bonds. The average molecular weight is 973 g/mol. The number of hydrogen-bond acceptors (Lipinski definition) is 8. The van der Waals surface area contributed by atoms with Crippen LogP contribution in [0.15, 0.2) is 109 Å². The molecule has 2 aliphatic carbocycles. The van der Waals surface area contributed by atoms with Crippen molar-refractivity contribution in [1.82, 2.24) is 0 Å². The van der Waals surface area contributed by atoms with E-state index in [-0.39, 0.29) is 0 Å². The van der Waals surface area contributed by atoms with Gasteiger partial charge in [0.1, 0.15) is 11.5 Å². The molecule has 4 nitrogen and oxygen atoms in total. The molecule has 348 valence electrons. The van der Waals surface area contributed by atoms with Crippen LogP contribution in [-0.2, 0) is 10.8 Å². The summed E-state index contributed by atoms with van der Waals surface area (Å²) in [4.78, 5) is 31.8. The summed E-state index contributed by atoms with van der Waals surface area (Å²) in [6, 6.07) is 40.0. The summed E-state index contributed by atoms with van der Waals surface area (Å²) in [5.74, 6) is 1.75. The molecule has 2 aliphatic rings. The fraction of sp³-hybridized carbons (Fsp3) is 0.333. The average Bonchev–Trinajstić information content (AvgIpc) is 4.21. The molecule has 0 aliphatic heterocycles. The van der Waals surface area contributed by atoms with Crippen LogP contribution >= 0.6 is 45.3 Å². The second kappa shape index (κ2) is 20.1. The Morgan fingerprint density at radius 2 is 0.765 bits per heavy atom. The summed E-state index contributed by atoms with van der Waals surface area (Å²) in [6.45, 7) is 10.2. The Labute approximate surface area is 418 Å². The minimum absolute atomic E-state index is 0.696.